The highest BCUT2D eigenvalue weighted by atomic mass is 19.1. The Balaban J connectivity index is 0.00000190. The number of benzene rings is 2. The topological polar surface area (TPSA) is 58.4 Å². The lowest BCUT2D eigenvalue weighted by Crippen LogP contribution is -2.33. The van der Waals surface area contributed by atoms with Crippen molar-refractivity contribution in [2.24, 2.45) is 5.92 Å². The highest BCUT2D eigenvalue weighted by Gasteiger charge is 2.19. The van der Waals surface area contributed by atoms with Crippen LogP contribution in [0.25, 0.3) is 0 Å². The van der Waals surface area contributed by atoms with Crippen LogP contribution in [0.5, 0.6) is 0 Å². The van der Waals surface area contributed by atoms with Gasteiger partial charge < -0.3 is 16.0 Å². The highest BCUT2D eigenvalue weighted by molar-refractivity contribution is 5.86. The zero-order valence-electron chi connectivity index (χ0n) is 17.5. The van der Waals surface area contributed by atoms with E-state index in [1.807, 2.05) is 49.9 Å². The van der Waals surface area contributed by atoms with Crippen molar-refractivity contribution in [2.75, 3.05) is 30.3 Å². The van der Waals surface area contributed by atoms with Crippen LogP contribution in [0.1, 0.15) is 39.7 Å². The number of carbonyl (C=O) groups is 1. The summed E-state index contributed by atoms with van der Waals surface area (Å²) in [5, 5.41) is 3.25. The van der Waals surface area contributed by atoms with Gasteiger partial charge in [-0.05, 0) is 49.3 Å². The van der Waals surface area contributed by atoms with Crippen molar-refractivity contribution in [3.8, 4) is 0 Å². The number of ketones is 1. The van der Waals surface area contributed by atoms with E-state index in [0.29, 0.717) is 12.2 Å². The Morgan fingerprint density at radius 3 is 2.39 bits per heavy atom. The molecule has 0 saturated heterocycles. The molecular weight excluding hydrogens is 353 g/mol. The van der Waals surface area contributed by atoms with Crippen molar-refractivity contribution < 1.29 is 9.18 Å². The summed E-state index contributed by atoms with van der Waals surface area (Å²) in [7, 11) is 0. The average Bonchev–Trinajstić information content (AvgIpc) is 2.71. The van der Waals surface area contributed by atoms with E-state index in [1.165, 1.54) is 12.1 Å². The highest BCUT2D eigenvalue weighted by Crippen LogP contribution is 2.25. The van der Waals surface area contributed by atoms with Gasteiger partial charge in [-0.1, -0.05) is 52.0 Å². The minimum Gasteiger partial charge on any atom is -0.397 e. The zero-order chi connectivity index (χ0) is 20.9. The van der Waals surface area contributed by atoms with Gasteiger partial charge in [-0.2, -0.15) is 0 Å². The Labute approximate surface area is 168 Å². The number of hydrogen-bond donors (Lipinski definition) is 2. The number of nitrogens with one attached hydrogen (secondary N) is 1. The second-order valence-electron chi connectivity index (χ2n) is 6.55. The molecule has 0 aliphatic carbocycles. The van der Waals surface area contributed by atoms with E-state index < -0.39 is 0 Å². The molecule has 0 aliphatic rings. The number of nitrogens with zero attached hydrogens (tertiary/aromatic N) is 1. The number of Topliss-reactive ketones (excluding diaryl/α,β-unsaturated/α-hetero) is 1. The quantitative estimate of drug-likeness (QED) is 0.460. The maximum Gasteiger partial charge on any atom is 0.154 e. The van der Waals surface area contributed by atoms with E-state index in [1.54, 1.807) is 12.1 Å². The summed E-state index contributed by atoms with van der Waals surface area (Å²) in [5.41, 5.74) is 8.51. The van der Waals surface area contributed by atoms with Crippen molar-refractivity contribution >= 4 is 17.2 Å². The predicted octanol–water partition coefficient (Wildman–Crippen LogP) is 4.65. The van der Waals surface area contributed by atoms with E-state index in [2.05, 4.69) is 12.2 Å². The Bertz CT molecular complexity index is 703. The minimum absolute atomic E-state index is 0.0327. The standard InChI is InChI=1S/C21H28FN3O.C2H6/c1-3-24-13-12-16(2)21(26)15-25(20-7-5-4-6-19(20)23)14-17-8-10-18(22)11-9-17;1-2/h4-11,16,24H,3,12-15,23H2,1-2H3;1-2H3. The van der Waals surface area contributed by atoms with E-state index >= 15 is 0 Å². The number of rotatable bonds is 10. The largest absolute Gasteiger partial charge is 0.397 e. The van der Waals surface area contributed by atoms with Crippen molar-refractivity contribution in [3.05, 3.63) is 59.9 Å². The molecule has 4 nitrogen and oxygen atoms in total. The van der Waals surface area contributed by atoms with Crippen LogP contribution in [-0.4, -0.2) is 25.4 Å². The van der Waals surface area contributed by atoms with Crippen LogP contribution < -0.4 is 16.0 Å². The Hall–Kier alpha value is -2.40. The van der Waals surface area contributed by atoms with Gasteiger partial charge in [0.1, 0.15) is 5.82 Å². The first-order valence-corrected chi connectivity index (χ1v) is 10.1. The molecule has 0 fully saturated rings. The van der Waals surface area contributed by atoms with Gasteiger partial charge in [-0.15, -0.1) is 0 Å². The number of hydrogen-bond acceptors (Lipinski definition) is 4. The summed E-state index contributed by atoms with van der Waals surface area (Å²) in [6.07, 6.45) is 0.807. The molecule has 2 rings (SSSR count). The fraction of sp³-hybridized carbons (Fsp3) is 0.435. The van der Waals surface area contributed by atoms with Crippen molar-refractivity contribution in [3.63, 3.8) is 0 Å². The molecular formula is C23H34FN3O. The van der Waals surface area contributed by atoms with Crippen LogP contribution in [0.2, 0.25) is 0 Å². The van der Waals surface area contributed by atoms with Crippen LogP contribution in [-0.2, 0) is 11.3 Å². The molecule has 0 heterocycles. The molecule has 0 aromatic heterocycles. The first-order valence-electron chi connectivity index (χ1n) is 10.1. The van der Waals surface area contributed by atoms with Crippen molar-refractivity contribution in [1.82, 2.24) is 5.32 Å². The maximum absolute atomic E-state index is 13.2. The average molecular weight is 388 g/mol. The molecule has 0 saturated carbocycles. The van der Waals surface area contributed by atoms with Crippen LogP contribution in [0.4, 0.5) is 15.8 Å². The molecule has 154 valence electrons. The number of para-hydroxylation sites is 2. The van der Waals surface area contributed by atoms with Gasteiger partial charge in [-0.3, -0.25) is 4.79 Å². The zero-order valence-corrected chi connectivity index (χ0v) is 17.5. The lowest BCUT2D eigenvalue weighted by Gasteiger charge is -2.27. The number of halogens is 1. The number of nitrogen functional groups attached to an aromatic ring is 1. The van der Waals surface area contributed by atoms with Gasteiger partial charge in [0.2, 0.25) is 0 Å². The fourth-order valence-corrected chi connectivity index (χ4v) is 2.81. The van der Waals surface area contributed by atoms with Crippen LogP contribution in [0, 0.1) is 11.7 Å². The van der Waals surface area contributed by atoms with E-state index in [9.17, 15) is 9.18 Å². The molecule has 0 bridgehead atoms. The third kappa shape index (κ3) is 7.69. The Morgan fingerprint density at radius 1 is 1.14 bits per heavy atom. The van der Waals surface area contributed by atoms with Gasteiger partial charge in [-0.25, -0.2) is 4.39 Å². The predicted molar refractivity (Wildman–Crippen MR) is 117 cm³/mol. The van der Waals surface area contributed by atoms with Crippen molar-refractivity contribution in [2.45, 2.75) is 40.7 Å². The van der Waals surface area contributed by atoms with Gasteiger partial charge in [0.25, 0.3) is 0 Å². The smallest absolute Gasteiger partial charge is 0.154 e. The first-order chi connectivity index (χ1) is 13.5. The minimum atomic E-state index is -0.271. The number of anilines is 2. The third-order valence-corrected chi connectivity index (χ3v) is 4.46. The number of carbonyl (C=O) groups excluding carboxylic acids is 1. The Morgan fingerprint density at radius 2 is 1.79 bits per heavy atom. The maximum atomic E-state index is 13.2. The summed E-state index contributed by atoms with van der Waals surface area (Å²) in [5.74, 6) is -0.129. The van der Waals surface area contributed by atoms with Crippen LogP contribution in [0.15, 0.2) is 48.5 Å². The SMILES string of the molecule is CC.CCNCCC(C)C(=O)CN(Cc1ccc(F)cc1)c1ccccc1N. The second-order valence-corrected chi connectivity index (χ2v) is 6.55. The summed E-state index contributed by atoms with van der Waals surface area (Å²) >= 11 is 0. The van der Waals surface area contributed by atoms with Crippen LogP contribution in [0.3, 0.4) is 0 Å². The summed E-state index contributed by atoms with van der Waals surface area (Å²) in [4.78, 5) is 14.7. The molecule has 28 heavy (non-hydrogen) atoms. The monoisotopic (exact) mass is 387 g/mol. The molecule has 0 amide bonds. The molecule has 2 aromatic rings. The van der Waals surface area contributed by atoms with E-state index in [-0.39, 0.29) is 24.1 Å². The molecule has 3 N–H and O–H groups in total. The second kappa shape index (κ2) is 12.9. The molecule has 0 aliphatic heterocycles. The van der Waals surface area contributed by atoms with E-state index in [0.717, 1.165) is 30.8 Å². The van der Waals surface area contributed by atoms with Gasteiger partial charge in [0.05, 0.1) is 17.9 Å². The molecule has 1 atom stereocenters. The number of nitrogens with two attached hydrogens (primary N) is 1. The molecule has 0 spiro atoms. The van der Waals surface area contributed by atoms with E-state index in [4.69, 9.17) is 5.73 Å². The van der Waals surface area contributed by atoms with Crippen molar-refractivity contribution in [1.29, 1.82) is 0 Å². The lowest BCUT2D eigenvalue weighted by molar-refractivity contribution is -0.121. The summed E-state index contributed by atoms with van der Waals surface area (Å²) < 4.78 is 13.2. The van der Waals surface area contributed by atoms with Gasteiger partial charge >= 0.3 is 0 Å². The lowest BCUT2D eigenvalue weighted by atomic mass is 10.0. The summed E-state index contributed by atoms with van der Waals surface area (Å²) in [6, 6.07) is 13.9. The first kappa shape index (κ1) is 23.6. The summed E-state index contributed by atoms with van der Waals surface area (Å²) in [6.45, 7) is 10.5. The normalized spacial score (nSPS) is 11.3. The van der Waals surface area contributed by atoms with Gasteiger partial charge in [0.15, 0.2) is 5.78 Å². The third-order valence-electron chi connectivity index (χ3n) is 4.46. The fourth-order valence-electron chi connectivity index (χ4n) is 2.81. The molecule has 0 radical (unpaired) electrons. The van der Waals surface area contributed by atoms with Crippen LogP contribution >= 0.6 is 0 Å². The molecule has 5 heteroatoms. The van der Waals surface area contributed by atoms with Gasteiger partial charge in [0, 0.05) is 12.5 Å². The molecule has 1 unspecified atom stereocenters. The molecule has 2 aromatic carbocycles. The Kier molecular flexibility index (Phi) is 10.9.